The van der Waals surface area contributed by atoms with Crippen LogP contribution in [0.2, 0.25) is 0 Å². The van der Waals surface area contributed by atoms with Crippen molar-refractivity contribution in [3.05, 3.63) is 0 Å². The van der Waals surface area contributed by atoms with Crippen molar-refractivity contribution in [1.82, 2.24) is 9.03 Å². The summed E-state index contributed by atoms with van der Waals surface area (Å²) in [5.41, 5.74) is 0. The van der Waals surface area contributed by atoms with Gasteiger partial charge in [-0.1, -0.05) is 19.8 Å². The molecule has 15 heavy (non-hydrogen) atoms. The van der Waals surface area contributed by atoms with Crippen LogP contribution in [0.5, 0.6) is 0 Å². The molecule has 1 rings (SSSR count). The molecule has 1 N–H and O–H groups in total. The highest BCUT2D eigenvalue weighted by Gasteiger charge is 2.31. The molecule has 0 aromatic carbocycles. The van der Waals surface area contributed by atoms with Crippen LogP contribution in [0.15, 0.2) is 0 Å². The Hall–Kier alpha value is -0.640. The number of rotatable bonds is 5. The molecule has 0 aromatic heterocycles. The number of hydrogen-bond acceptors (Lipinski definition) is 3. The third-order valence-electron chi connectivity index (χ3n) is 2.59. The van der Waals surface area contributed by atoms with Gasteiger partial charge in [0.1, 0.15) is 6.54 Å². The molecular formula is C9H17N3O2S. The fraction of sp³-hybridized carbons (Fsp3) is 0.889. The van der Waals surface area contributed by atoms with E-state index in [0.717, 1.165) is 25.7 Å². The van der Waals surface area contributed by atoms with Crippen molar-refractivity contribution in [2.24, 2.45) is 0 Å². The van der Waals surface area contributed by atoms with E-state index in [1.54, 1.807) is 6.92 Å². The highest BCUT2D eigenvalue weighted by atomic mass is 32.2. The molecule has 0 aliphatic heterocycles. The molecule has 0 heterocycles. The van der Waals surface area contributed by atoms with Crippen molar-refractivity contribution in [3.8, 4) is 6.07 Å². The number of nitrogens with one attached hydrogen (secondary N) is 1. The summed E-state index contributed by atoms with van der Waals surface area (Å²) in [5, 5.41) is 8.64. The predicted octanol–water partition coefficient (Wildman–Crippen LogP) is 0.609. The summed E-state index contributed by atoms with van der Waals surface area (Å²) in [6, 6.07) is 1.92. The lowest BCUT2D eigenvalue weighted by Crippen LogP contribution is -2.45. The van der Waals surface area contributed by atoms with E-state index in [-0.39, 0.29) is 12.6 Å². The average molecular weight is 231 g/mol. The van der Waals surface area contributed by atoms with Crippen LogP contribution >= 0.6 is 0 Å². The molecular weight excluding hydrogens is 214 g/mol. The Balaban J connectivity index is 2.77. The van der Waals surface area contributed by atoms with Gasteiger partial charge < -0.3 is 0 Å². The zero-order valence-electron chi connectivity index (χ0n) is 8.94. The van der Waals surface area contributed by atoms with Gasteiger partial charge in [-0.2, -0.15) is 18.0 Å². The summed E-state index contributed by atoms with van der Waals surface area (Å²) in [6.07, 6.45) is 3.83. The summed E-state index contributed by atoms with van der Waals surface area (Å²) < 4.78 is 27.3. The van der Waals surface area contributed by atoms with E-state index in [4.69, 9.17) is 5.26 Å². The monoisotopic (exact) mass is 231 g/mol. The highest BCUT2D eigenvalue weighted by molar-refractivity contribution is 7.87. The molecule has 0 saturated heterocycles. The first-order valence-corrected chi connectivity index (χ1v) is 6.69. The lowest BCUT2D eigenvalue weighted by Gasteiger charge is -2.25. The maximum Gasteiger partial charge on any atom is 0.280 e. The van der Waals surface area contributed by atoms with Crippen LogP contribution in [-0.2, 0) is 10.2 Å². The quantitative estimate of drug-likeness (QED) is 0.704. The van der Waals surface area contributed by atoms with Crippen molar-refractivity contribution in [1.29, 1.82) is 5.26 Å². The summed E-state index contributed by atoms with van der Waals surface area (Å²) in [5.74, 6) is 0. The van der Waals surface area contributed by atoms with E-state index in [1.165, 1.54) is 4.31 Å². The van der Waals surface area contributed by atoms with Crippen LogP contribution in [-0.4, -0.2) is 31.9 Å². The van der Waals surface area contributed by atoms with Gasteiger partial charge in [-0.25, -0.2) is 4.72 Å². The minimum absolute atomic E-state index is 0.00806. The molecule has 0 radical (unpaired) electrons. The molecule has 5 nitrogen and oxygen atoms in total. The second kappa shape index (κ2) is 5.45. The molecule has 1 aliphatic carbocycles. The van der Waals surface area contributed by atoms with E-state index in [2.05, 4.69) is 4.72 Å². The second-order valence-corrected chi connectivity index (χ2v) is 5.35. The van der Waals surface area contributed by atoms with Crippen molar-refractivity contribution in [2.75, 3.05) is 13.1 Å². The summed E-state index contributed by atoms with van der Waals surface area (Å²) >= 11 is 0. The maximum absolute atomic E-state index is 11.8. The van der Waals surface area contributed by atoms with Crippen LogP contribution in [0.3, 0.4) is 0 Å². The number of nitrogens with zero attached hydrogens (tertiary/aromatic N) is 2. The molecule has 6 heteroatoms. The van der Waals surface area contributed by atoms with Crippen LogP contribution in [0.4, 0.5) is 0 Å². The van der Waals surface area contributed by atoms with Crippen LogP contribution in [0.1, 0.15) is 32.6 Å². The minimum Gasteiger partial charge on any atom is -0.202 e. The standard InChI is InChI=1S/C9H17N3O2S/c1-2-11-15(13,14)12(8-7-10)9-5-3-4-6-9/h9,11H,2-6,8H2,1H3. The molecule has 1 fully saturated rings. The zero-order chi connectivity index (χ0) is 11.3. The van der Waals surface area contributed by atoms with Gasteiger partial charge in [0.05, 0.1) is 6.07 Å². The van der Waals surface area contributed by atoms with Gasteiger partial charge in [0.25, 0.3) is 10.2 Å². The first-order chi connectivity index (χ1) is 7.11. The average Bonchev–Trinajstić information content (AvgIpc) is 2.66. The molecule has 0 amide bonds. The Morgan fingerprint density at radius 1 is 1.47 bits per heavy atom. The van der Waals surface area contributed by atoms with Crippen LogP contribution in [0.25, 0.3) is 0 Å². The Morgan fingerprint density at radius 3 is 2.53 bits per heavy atom. The SMILES string of the molecule is CCNS(=O)(=O)N(CC#N)C1CCCC1. The smallest absolute Gasteiger partial charge is 0.202 e. The van der Waals surface area contributed by atoms with Gasteiger partial charge in [0.2, 0.25) is 0 Å². The van der Waals surface area contributed by atoms with Crippen LogP contribution in [0, 0.1) is 11.3 Å². The summed E-state index contributed by atoms with van der Waals surface area (Å²) in [4.78, 5) is 0. The van der Waals surface area contributed by atoms with E-state index in [0.29, 0.717) is 6.54 Å². The zero-order valence-corrected chi connectivity index (χ0v) is 9.76. The van der Waals surface area contributed by atoms with Crippen molar-refractivity contribution in [3.63, 3.8) is 0 Å². The Morgan fingerprint density at radius 2 is 2.07 bits per heavy atom. The summed E-state index contributed by atoms with van der Waals surface area (Å²) in [6.45, 7) is 2.04. The third kappa shape index (κ3) is 3.16. The van der Waals surface area contributed by atoms with E-state index in [1.807, 2.05) is 6.07 Å². The Bertz CT molecular complexity index is 328. The fourth-order valence-corrected chi connectivity index (χ4v) is 3.30. The molecule has 0 aromatic rings. The molecule has 86 valence electrons. The Labute approximate surface area is 91.3 Å². The second-order valence-electron chi connectivity index (χ2n) is 3.64. The highest BCUT2D eigenvalue weighted by Crippen LogP contribution is 2.24. The topological polar surface area (TPSA) is 73.2 Å². The van der Waals surface area contributed by atoms with E-state index < -0.39 is 10.2 Å². The minimum atomic E-state index is -3.46. The first-order valence-electron chi connectivity index (χ1n) is 5.25. The molecule has 0 bridgehead atoms. The van der Waals surface area contributed by atoms with Crippen molar-refractivity contribution >= 4 is 10.2 Å². The lowest BCUT2D eigenvalue weighted by atomic mass is 10.2. The van der Waals surface area contributed by atoms with Crippen molar-refractivity contribution in [2.45, 2.75) is 38.6 Å². The van der Waals surface area contributed by atoms with Gasteiger partial charge in [-0.05, 0) is 12.8 Å². The van der Waals surface area contributed by atoms with Gasteiger partial charge in [-0.3, -0.25) is 0 Å². The van der Waals surface area contributed by atoms with Crippen molar-refractivity contribution < 1.29 is 8.42 Å². The fourth-order valence-electron chi connectivity index (χ4n) is 1.94. The van der Waals surface area contributed by atoms with Gasteiger partial charge in [-0.15, -0.1) is 0 Å². The molecule has 1 saturated carbocycles. The number of hydrogen-bond donors (Lipinski definition) is 1. The summed E-state index contributed by atoms with van der Waals surface area (Å²) in [7, 11) is -3.46. The molecule has 0 atom stereocenters. The van der Waals surface area contributed by atoms with Crippen LogP contribution < -0.4 is 4.72 Å². The normalized spacial score (nSPS) is 18.2. The predicted molar refractivity (Wildman–Crippen MR) is 57.2 cm³/mol. The Kier molecular flexibility index (Phi) is 4.51. The van der Waals surface area contributed by atoms with E-state index in [9.17, 15) is 8.42 Å². The van der Waals surface area contributed by atoms with Gasteiger partial charge in [0.15, 0.2) is 0 Å². The molecule has 0 spiro atoms. The largest absolute Gasteiger partial charge is 0.280 e. The maximum atomic E-state index is 11.8. The molecule has 1 aliphatic rings. The lowest BCUT2D eigenvalue weighted by molar-refractivity contribution is 0.345. The van der Waals surface area contributed by atoms with Gasteiger partial charge >= 0.3 is 0 Å². The third-order valence-corrected chi connectivity index (χ3v) is 4.29. The van der Waals surface area contributed by atoms with Gasteiger partial charge in [0, 0.05) is 12.6 Å². The number of nitriles is 1. The first kappa shape index (κ1) is 12.4. The van der Waals surface area contributed by atoms with E-state index >= 15 is 0 Å². The molecule has 0 unspecified atom stereocenters.